The van der Waals surface area contributed by atoms with E-state index in [1.54, 1.807) is 31.2 Å². The molecule has 0 aliphatic carbocycles. The Morgan fingerprint density at radius 1 is 1.00 bits per heavy atom. The third-order valence-electron chi connectivity index (χ3n) is 6.39. The predicted molar refractivity (Wildman–Crippen MR) is 157 cm³/mol. The average molecular weight is 645 g/mol. The summed E-state index contributed by atoms with van der Waals surface area (Å²) in [6.07, 6.45) is -4.25. The Morgan fingerprint density at radius 2 is 1.67 bits per heavy atom. The summed E-state index contributed by atoms with van der Waals surface area (Å²) in [6, 6.07) is 13.8. The number of hydrogen-bond acceptors (Lipinski definition) is 4. The summed E-state index contributed by atoms with van der Waals surface area (Å²) >= 11 is 11.9. The quantitative estimate of drug-likeness (QED) is 0.260. The van der Waals surface area contributed by atoms with E-state index in [1.165, 1.54) is 31.2 Å². The van der Waals surface area contributed by atoms with E-state index < -0.39 is 56.9 Å². The van der Waals surface area contributed by atoms with E-state index >= 15 is 0 Å². The molecule has 0 radical (unpaired) electrons. The summed E-state index contributed by atoms with van der Waals surface area (Å²) in [5.74, 6) is -1.31. The SMILES string of the molecule is CCCNC(=O)C(C)N(Cc1cccc(Cl)c1)C(=O)CN(c1ccc(Cl)c(C(F)(F)F)c1)S(=O)(=O)c1ccc(C)cc1. The number of rotatable bonds is 11. The molecule has 0 aliphatic heterocycles. The van der Waals surface area contributed by atoms with Crippen LogP contribution in [0.1, 0.15) is 37.0 Å². The summed E-state index contributed by atoms with van der Waals surface area (Å²) in [5.41, 5.74) is -0.375. The molecule has 42 heavy (non-hydrogen) atoms. The van der Waals surface area contributed by atoms with Crippen molar-refractivity contribution in [2.75, 3.05) is 17.4 Å². The number of carbonyl (C=O) groups is 2. The molecule has 226 valence electrons. The second kappa shape index (κ2) is 13.8. The first-order valence-electron chi connectivity index (χ1n) is 12.9. The Hall–Kier alpha value is -3.28. The van der Waals surface area contributed by atoms with Gasteiger partial charge in [0, 0.05) is 18.1 Å². The van der Waals surface area contributed by atoms with E-state index in [4.69, 9.17) is 23.2 Å². The molecule has 3 rings (SSSR count). The van der Waals surface area contributed by atoms with Gasteiger partial charge in [0.2, 0.25) is 11.8 Å². The van der Waals surface area contributed by atoms with Crippen LogP contribution in [0.5, 0.6) is 0 Å². The second-order valence-corrected chi connectivity index (χ2v) is 12.3. The minimum atomic E-state index is -4.89. The lowest BCUT2D eigenvalue weighted by Gasteiger charge is -2.32. The van der Waals surface area contributed by atoms with Crippen LogP contribution in [0.3, 0.4) is 0 Å². The van der Waals surface area contributed by atoms with Gasteiger partial charge in [0.15, 0.2) is 0 Å². The van der Waals surface area contributed by atoms with Crippen molar-refractivity contribution in [1.82, 2.24) is 10.2 Å². The minimum Gasteiger partial charge on any atom is -0.354 e. The lowest BCUT2D eigenvalue weighted by atomic mass is 10.1. The van der Waals surface area contributed by atoms with Crippen molar-refractivity contribution in [3.05, 3.63) is 93.5 Å². The summed E-state index contributed by atoms with van der Waals surface area (Å²) in [5, 5.41) is 2.46. The lowest BCUT2D eigenvalue weighted by Crippen LogP contribution is -2.51. The fourth-order valence-corrected chi connectivity index (χ4v) is 5.91. The lowest BCUT2D eigenvalue weighted by molar-refractivity contribution is -0.139. The average Bonchev–Trinajstić information content (AvgIpc) is 2.92. The van der Waals surface area contributed by atoms with E-state index in [9.17, 15) is 31.2 Å². The first-order valence-corrected chi connectivity index (χ1v) is 15.1. The van der Waals surface area contributed by atoms with Crippen LogP contribution in [0, 0.1) is 6.92 Å². The number of anilines is 1. The van der Waals surface area contributed by atoms with Gasteiger partial charge in [0.05, 0.1) is 21.2 Å². The van der Waals surface area contributed by atoms with E-state index in [1.807, 2.05) is 6.92 Å². The monoisotopic (exact) mass is 643 g/mol. The molecule has 0 fully saturated rings. The van der Waals surface area contributed by atoms with Crippen LogP contribution in [-0.2, 0) is 32.3 Å². The van der Waals surface area contributed by atoms with Crippen LogP contribution in [0.25, 0.3) is 0 Å². The second-order valence-electron chi connectivity index (χ2n) is 9.61. The summed E-state index contributed by atoms with van der Waals surface area (Å²) in [4.78, 5) is 27.7. The zero-order valence-corrected chi connectivity index (χ0v) is 25.4. The van der Waals surface area contributed by atoms with E-state index in [0.29, 0.717) is 33.9 Å². The molecular formula is C29H30Cl2F3N3O4S. The fraction of sp³-hybridized carbons (Fsp3) is 0.310. The van der Waals surface area contributed by atoms with Crippen molar-refractivity contribution in [2.24, 2.45) is 0 Å². The number of amides is 2. The number of alkyl halides is 3. The summed E-state index contributed by atoms with van der Waals surface area (Å²) in [7, 11) is -4.56. The molecule has 1 atom stereocenters. The van der Waals surface area contributed by atoms with Gasteiger partial charge >= 0.3 is 6.18 Å². The molecule has 1 N–H and O–H groups in total. The Morgan fingerprint density at radius 3 is 2.26 bits per heavy atom. The molecule has 0 bridgehead atoms. The van der Waals surface area contributed by atoms with Gasteiger partial charge in [0.1, 0.15) is 12.6 Å². The number of carbonyl (C=O) groups excluding carboxylic acids is 2. The van der Waals surface area contributed by atoms with Gasteiger partial charge in [-0.3, -0.25) is 13.9 Å². The van der Waals surface area contributed by atoms with Gasteiger partial charge in [0.25, 0.3) is 10.0 Å². The predicted octanol–water partition coefficient (Wildman–Crippen LogP) is 6.46. The molecule has 0 saturated carbocycles. The zero-order chi connectivity index (χ0) is 31.2. The largest absolute Gasteiger partial charge is 0.417 e. The first-order chi connectivity index (χ1) is 19.6. The van der Waals surface area contributed by atoms with Crippen LogP contribution >= 0.6 is 23.2 Å². The normalized spacial score (nSPS) is 12.5. The number of nitrogens with zero attached hydrogens (tertiary/aromatic N) is 2. The van der Waals surface area contributed by atoms with E-state index in [2.05, 4.69) is 5.32 Å². The maximum atomic E-state index is 13.9. The molecule has 0 heterocycles. The highest BCUT2D eigenvalue weighted by Crippen LogP contribution is 2.38. The highest BCUT2D eigenvalue weighted by atomic mass is 35.5. The van der Waals surface area contributed by atoms with Gasteiger partial charge in [-0.2, -0.15) is 13.2 Å². The highest BCUT2D eigenvalue weighted by Gasteiger charge is 2.37. The number of nitrogens with one attached hydrogen (secondary N) is 1. The smallest absolute Gasteiger partial charge is 0.354 e. The highest BCUT2D eigenvalue weighted by molar-refractivity contribution is 7.92. The molecule has 3 aromatic carbocycles. The Bertz CT molecular complexity index is 1530. The number of hydrogen-bond donors (Lipinski definition) is 1. The zero-order valence-electron chi connectivity index (χ0n) is 23.1. The van der Waals surface area contributed by atoms with Gasteiger partial charge in [-0.05, 0) is 68.3 Å². The van der Waals surface area contributed by atoms with Crippen LogP contribution in [-0.4, -0.2) is 44.3 Å². The fourth-order valence-electron chi connectivity index (χ4n) is 4.06. The van der Waals surface area contributed by atoms with E-state index in [-0.39, 0.29) is 11.4 Å². The molecule has 0 aromatic heterocycles. The van der Waals surface area contributed by atoms with E-state index in [0.717, 1.165) is 22.6 Å². The Kier molecular flexibility index (Phi) is 10.9. The third kappa shape index (κ3) is 8.17. The molecule has 0 spiro atoms. The van der Waals surface area contributed by atoms with Crippen molar-refractivity contribution in [2.45, 2.75) is 50.9 Å². The molecule has 7 nitrogen and oxygen atoms in total. The summed E-state index contributed by atoms with van der Waals surface area (Å²) in [6.45, 7) is 4.41. The maximum Gasteiger partial charge on any atom is 0.417 e. The molecule has 1 unspecified atom stereocenters. The van der Waals surface area contributed by atoms with Crippen molar-refractivity contribution in [1.29, 1.82) is 0 Å². The standard InChI is InChI=1S/C29H30Cl2F3N3O4S/c1-4-14-35-28(39)20(3)36(17-21-6-5-7-22(30)15-21)27(38)18-37(42(40,41)24-11-8-19(2)9-12-24)23-10-13-26(31)25(16-23)29(32,33)34/h5-13,15-16,20H,4,14,17-18H2,1-3H3,(H,35,39). The molecular weight excluding hydrogens is 614 g/mol. The molecule has 13 heteroatoms. The van der Waals surface area contributed by atoms with Crippen LogP contribution < -0.4 is 9.62 Å². The van der Waals surface area contributed by atoms with Gasteiger partial charge in [-0.1, -0.05) is 60.0 Å². The van der Waals surface area contributed by atoms with Gasteiger partial charge < -0.3 is 10.2 Å². The number of halogens is 5. The van der Waals surface area contributed by atoms with Crippen molar-refractivity contribution in [3.8, 4) is 0 Å². The molecule has 3 aromatic rings. The maximum absolute atomic E-state index is 13.9. The minimum absolute atomic E-state index is 0.118. The van der Waals surface area contributed by atoms with Crippen LogP contribution in [0.4, 0.5) is 18.9 Å². The van der Waals surface area contributed by atoms with Crippen LogP contribution in [0.2, 0.25) is 10.0 Å². The molecule has 2 amide bonds. The van der Waals surface area contributed by atoms with Crippen LogP contribution in [0.15, 0.2) is 71.6 Å². The third-order valence-corrected chi connectivity index (χ3v) is 8.74. The van der Waals surface area contributed by atoms with Crippen molar-refractivity contribution >= 4 is 50.7 Å². The molecule has 0 aliphatic rings. The number of sulfonamides is 1. The van der Waals surface area contributed by atoms with Crippen molar-refractivity contribution in [3.63, 3.8) is 0 Å². The molecule has 0 saturated heterocycles. The topological polar surface area (TPSA) is 86.8 Å². The Labute approximate surface area is 253 Å². The van der Waals surface area contributed by atoms with Gasteiger partial charge in [-0.15, -0.1) is 0 Å². The number of aryl methyl sites for hydroxylation is 1. The Balaban J connectivity index is 2.11. The van der Waals surface area contributed by atoms with Gasteiger partial charge in [-0.25, -0.2) is 8.42 Å². The van der Waals surface area contributed by atoms with Crippen molar-refractivity contribution < 1.29 is 31.2 Å². The number of benzene rings is 3. The summed E-state index contributed by atoms with van der Waals surface area (Å²) < 4.78 is 69.5. The first kappa shape index (κ1) is 33.2.